The van der Waals surface area contributed by atoms with Gasteiger partial charge in [0.2, 0.25) is 0 Å². The molecule has 100 valence electrons. The number of rotatable bonds is 2. The predicted molar refractivity (Wildman–Crippen MR) is 73.8 cm³/mol. The van der Waals surface area contributed by atoms with Crippen molar-refractivity contribution in [3.8, 4) is 11.4 Å². The monoisotopic (exact) mass is 257 g/mol. The van der Waals surface area contributed by atoms with Crippen molar-refractivity contribution < 1.29 is 0 Å². The molecule has 0 atom stereocenters. The molecule has 5 nitrogen and oxygen atoms in total. The highest BCUT2D eigenvalue weighted by molar-refractivity contribution is 5.53. The predicted octanol–water partition coefficient (Wildman–Crippen LogP) is 1.65. The third kappa shape index (κ3) is 2.38. The Morgan fingerprint density at radius 3 is 2.68 bits per heavy atom. The Morgan fingerprint density at radius 2 is 2.00 bits per heavy atom. The first-order chi connectivity index (χ1) is 9.25. The second-order valence-corrected chi connectivity index (χ2v) is 5.10. The van der Waals surface area contributed by atoms with Gasteiger partial charge in [0.05, 0.1) is 23.8 Å². The topological polar surface area (TPSA) is 55.6 Å². The summed E-state index contributed by atoms with van der Waals surface area (Å²) in [6, 6.07) is 0. The molecule has 3 rings (SSSR count). The van der Waals surface area contributed by atoms with E-state index in [9.17, 15) is 0 Å². The molecule has 0 bridgehead atoms. The van der Waals surface area contributed by atoms with Crippen LogP contribution in [0.15, 0.2) is 18.6 Å². The van der Waals surface area contributed by atoms with Crippen LogP contribution < -0.4 is 5.32 Å². The number of imidazole rings is 1. The minimum atomic E-state index is 0.531. The molecule has 1 aliphatic rings. The zero-order valence-corrected chi connectivity index (χ0v) is 11.4. The van der Waals surface area contributed by atoms with Crippen molar-refractivity contribution in [1.82, 2.24) is 24.8 Å². The molecule has 0 radical (unpaired) electrons. The fourth-order valence-corrected chi connectivity index (χ4v) is 2.56. The Morgan fingerprint density at radius 1 is 1.21 bits per heavy atom. The number of nitrogens with zero attached hydrogens (tertiary/aromatic N) is 4. The summed E-state index contributed by atoms with van der Waals surface area (Å²) in [6.07, 6.45) is 7.88. The zero-order valence-electron chi connectivity index (χ0n) is 11.4. The quantitative estimate of drug-likeness (QED) is 0.889. The van der Waals surface area contributed by atoms with Crippen molar-refractivity contribution in [2.24, 2.45) is 7.05 Å². The molecule has 1 saturated heterocycles. The average molecular weight is 257 g/mol. The summed E-state index contributed by atoms with van der Waals surface area (Å²) in [4.78, 5) is 13.5. The van der Waals surface area contributed by atoms with Crippen LogP contribution in [-0.4, -0.2) is 32.6 Å². The summed E-state index contributed by atoms with van der Waals surface area (Å²) in [6.45, 7) is 4.14. The van der Waals surface area contributed by atoms with Gasteiger partial charge in [0.1, 0.15) is 11.5 Å². The first-order valence-electron chi connectivity index (χ1n) is 6.77. The Hall–Kier alpha value is -1.75. The van der Waals surface area contributed by atoms with Gasteiger partial charge >= 0.3 is 0 Å². The van der Waals surface area contributed by atoms with Gasteiger partial charge < -0.3 is 9.88 Å². The van der Waals surface area contributed by atoms with E-state index in [-0.39, 0.29) is 0 Å². The molecule has 1 N–H and O–H groups in total. The van der Waals surface area contributed by atoms with Crippen molar-refractivity contribution in [3.05, 3.63) is 30.1 Å². The first-order valence-corrected chi connectivity index (χ1v) is 6.77. The molecule has 1 fully saturated rings. The van der Waals surface area contributed by atoms with Crippen molar-refractivity contribution in [2.75, 3.05) is 13.1 Å². The lowest BCUT2D eigenvalue weighted by Crippen LogP contribution is -2.27. The average Bonchev–Trinajstić information content (AvgIpc) is 2.80. The van der Waals surface area contributed by atoms with Gasteiger partial charge in [0.15, 0.2) is 0 Å². The summed E-state index contributed by atoms with van der Waals surface area (Å²) in [7, 11) is 2.01. The normalized spacial score (nSPS) is 16.7. The van der Waals surface area contributed by atoms with Gasteiger partial charge in [-0.25, -0.2) is 9.97 Å². The van der Waals surface area contributed by atoms with Crippen LogP contribution in [0.25, 0.3) is 11.4 Å². The Balaban J connectivity index is 1.93. The highest BCUT2D eigenvalue weighted by Gasteiger charge is 2.18. The molecule has 0 saturated carbocycles. The van der Waals surface area contributed by atoms with Crippen LogP contribution in [0.2, 0.25) is 0 Å². The summed E-state index contributed by atoms with van der Waals surface area (Å²) >= 11 is 0. The lowest BCUT2D eigenvalue weighted by Gasteiger charge is -2.22. The number of piperidine rings is 1. The van der Waals surface area contributed by atoms with Gasteiger partial charge in [-0.05, 0) is 32.9 Å². The molecule has 0 unspecified atom stereocenters. The maximum atomic E-state index is 4.79. The fraction of sp³-hybridized carbons (Fsp3) is 0.500. The van der Waals surface area contributed by atoms with Gasteiger partial charge in [-0.2, -0.15) is 0 Å². The van der Waals surface area contributed by atoms with Crippen molar-refractivity contribution >= 4 is 0 Å². The highest BCUT2D eigenvalue weighted by atomic mass is 15.1. The summed E-state index contributed by atoms with van der Waals surface area (Å²) < 4.78 is 2.05. The maximum absolute atomic E-state index is 4.79. The molecule has 19 heavy (non-hydrogen) atoms. The number of hydrogen-bond donors (Lipinski definition) is 1. The van der Waals surface area contributed by atoms with Crippen molar-refractivity contribution in [2.45, 2.75) is 25.7 Å². The molecule has 2 aromatic rings. The molecular formula is C14H19N5. The fourth-order valence-electron chi connectivity index (χ4n) is 2.56. The maximum Gasteiger partial charge on any atom is 0.107 e. The molecule has 0 aromatic carbocycles. The van der Waals surface area contributed by atoms with Gasteiger partial charge in [0, 0.05) is 19.2 Å². The van der Waals surface area contributed by atoms with Gasteiger partial charge in [-0.3, -0.25) is 4.98 Å². The number of aromatic nitrogens is 4. The second kappa shape index (κ2) is 5.09. The first kappa shape index (κ1) is 12.3. The molecule has 3 heterocycles. The van der Waals surface area contributed by atoms with Crippen LogP contribution in [0.3, 0.4) is 0 Å². The third-order valence-electron chi connectivity index (χ3n) is 3.89. The van der Waals surface area contributed by atoms with E-state index in [4.69, 9.17) is 4.98 Å². The van der Waals surface area contributed by atoms with E-state index in [1.54, 1.807) is 0 Å². The molecule has 0 spiro atoms. The number of nitrogens with one attached hydrogen (secondary N) is 1. The van der Waals surface area contributed by atoms with Crippen molar-refractivity contribution in [3.63, 3.8) is 0 Å². The lowest BCUT2D eigenvalue weighted by molar-refractivity contribution is 0.452. The van der Waals surface area contributed by atoms with Crippen LogP contribution in [0.4, 0.5) is 0 Å². The van der Waals surface area contributed by atoms with E-state index in [0.29, 0.717) is 5.92 Å². The number of hydrogen-bond acceptors (Lipinski definition) is 4. The van der Waals surface area contributed by atoms with Crippen LogP contribution in [-0.2, 0) is 7.05 Å². The third-order valence-corrected chi connectivity index (χ3v) is 3.89. The standard InChI is InChI=1S/C14H19N5/c1-10-17-9-14(19(10)2)13-8-16-7-12(18-13)11-3-5-15-6-4-11/h7-9,11,15H,3-6H2,1-2H3. The molecule has 5 heteroatoms. The molecular weight excluding hydrogens is 238 g/mol. The Kier molecular flexibility index (Phi) is 3.29. The molecule has 1 aliphatic heterocycles. The highest BCUT2D eigenvalue weighted by Crippen LogP contribution is 2.25. The summed E-state index contributed by atoms with van der Waals surface area (Å²) in [5, 5.41) is 3.38. The lowest BCUT2D eigenvalue weighted by atomic mass is 9.95. The number of aryl methyl sites for hydroxylation is 1. The molecule has 0 amide bonds. The van der Waals surface area contributed by atoms with Crippen LogP contribution in [0.5, 0.6) is 0 Å². The second-order valence-electron chi connectivity index (χ2n) is 5.10. The van der Waals surface area contributed by atoms with E-state index in [2.05, 4.69) is 19.9 Å². The van der Waals surface area contributed by atoms with E-state index in [0.717, 1.165) is 48.8 Å². The molecule has 2 aromatic heterocycles. The van der Waals surface area contributed by atoms with Crippen molar-refractivity contribution in [1.29, 1.82) is 0 Å². The zero-order chi connectivity index (χ0) is 13.2. The van der Waals surface area contributed by atoms with Crippen LogP contribution >= 0.6 is 0 Å². The van der Waals surface area contributed by atoms with E-state index in [1.807, 2.05) is 32.6 Å². The minimum absolute atomic E-state index is 0.531. The minimum Gasteiger partial charge on any atom is -0.330 e. The largest absolute Gasteiger partial charge is 0.330 e. The van der Waals surface area contributed by atoms with Crippen LogP contribution in [0, 0.1) is 6.92 Å². The smallest absolute Gasteiger partial charge is 0.107 e. The SMILES string of the molecule is Cc1ncc(-c2cncc(C3CCNCC3)n2)n1C. The Bertz CT molecular complexity index is 569. The molecule has 0 aliphatic carbocycles. The van der Waals surface area contributed by atoms with Gasteiger partial charge in [-0.1, -0.05) is 0 Å². The van der Waals surface area contributed by atoms with Gasteiger partial charge in [0.25, 0.3) is 0 Å². The summed E-state index contributed by atoms with van der Waals surface area (Å²) in [5.74, 6) is 1.52. The Labute approximate surface area is 113 Å². The van der Waals surface area contributed by atoms with E-state index in [1.165, 1.54) is 0 Å². The van der Waals surface area contributed by atoms with E-state index < -0.39 is 0 Å². The van der Waals surface area contributed by atoms with Gasteiger partial charge in [-0.15, -0.1) is 0 Å². The van der Waals surface area contributed by atoms with E-state index >= 15 is 0 Å². The van der Waals surface area contributed by atoms with Crippen LogP contribution in [0.1, 0.15) is 30.3 Å². The summed E-state index contributed by atoms with van der Waals surface area (Å²) in [5.41, 5.74) is 3.05.